The molecule has 1 saturated heterocycles. The van der Waals surface area contributed by atoms with E-state index in [4.69, 9.17) is 18.6 Å². The normalized spacial score (nSPS) is 19.5. The van der Waals surface area contributed by atoms with Crippen LogP contribution in [0, 0.1) is 0 Å². The number of fused-ring (bicyclic) bond motifs is 2. The Morgan fingerprint density at radius 1 is 0.976 bits per heavy atom. The van der Waals surface area contributed by atoms with Crippen molar-refractivity contribution >= 4 is 33.9 Å². The van der Waals surface area contributed by atoms with Gasteiger partial charge in [-0.2, -0.15) is 0 Å². The first-order valence-corrected chi connectivity index (χ1v) is 21.5. The van der Waals surface area contributed by atoms with E-state index < -0.39 is 22.4 Å². The Morgan fingerprint density at radius 3 is 2.29 bits per heavy atom. The van der Waals surface area contributed by atoms with Crippen LogP contribution in [0.15, 0.2) is 42.5 Å². The summed E-state index contributed by atoms with van der Waals surface area (Å²) in [5, 5.41) is 0.0192. The molecule has 0 spiro atoms. The third-order valence-electron chi connectivity index (χ3n) is 8.60. The summed E-state index contributed by atoms with van der Waals surface area (Å²) in [6.45, 7) is 19.2. The molecule has 2 aromatic rings. The second-order valence-electron chi connectivity index (χ2n) is 14.1. The number of methoxy groups -OCH3 is 1. The van der Waals surface area contributed by atoms with Crippen molar-refractivity contribution in [2.45, 2.75) is 89.8 Å². The molecule has 2 aliphatic rings. The van der Waals surface area contributed by atoms with E-state index in [1.807, 2.05) is 30.3 Å². The fourth-order valence-corrected chi connectivity index (χ4v) is 7.12. The van der Waals surface area contributed by atoms with Gasteiger partial charge in [0.15, 0.2) is 19.8 Å². The number of anilines is 1. The molecule has 2 atom stereocenters. The standard InChI is InChI=1S/C32H48N2O6Si2/c1-32(2,3)42(8,9)40-24-17-27-31(36)34(22-38-15-16-41(5,6)7)26-19-28(37-4)29(18-25(26)30(35)33(27)20-24)39-21-23-13-11-10-12-14-23/h10-14,18-19,24,27H,15-17,20-22H2,1-9H3/t24-,27+/m1/s1. The van der Waals surface area contributed by atoms with Crippen molar-refractivity contribution in [3.63, 3.8) is 0 Å². The monoisotopic (exact) mass is 612 g/mol. The lowest BCUT2D eigenvalue weighted by atomic mass is 10.1. The molecule has 8 nitrogen and oxygen atoms in total. The number of hydrogen-bond acceptors (Lipinski definition) is 6. The molecule has 230 valence electrons. The largest absolute Gasteiger partial charge is 0.493 e. The third-order valence-corrected chi connectivity index (χ3v) is 14.8. The van der Waals surface area contributed by atoms with Gasteiger partial charge in [-0.1, -0.05) is 70.7 Å². The topological polar surface area (TPSA) is 77.5 Å². The van der Waals surface area contributed by atoms with Crippen molar-refractivity contribution < 1.29 is 28.2 Å². The van der Waals surface area contributed by atoms with E-state index >= 15 is 0 Å². The summed E-state index contributed by atoms with van der Waals surface area (Å²) in [6.07, 6.45) is 0.261. The van der Waals surface area contributed by atoms with Gasteiger partial charge in [0, 0.05) is 33.7 Å². The second-order valence-corrected chi connectivity index (χ2v) is 24.5. The zero-order chi connectivity index (χ0) is 30.9. The minimum absolute atomic E-state index is 0.0192. The van der Waals surface area contributed by atoms with Gasteiger partial charge >= 0.3 is 0 Å². The molecule has 2 aliphatic heterocycles. The van der Waals surface area contributed by atoms with Gasteiger partial charge in [0.25, 0.3) is 11.8 Å². The van der Waals surface area contributed by atoms with Crippen molar-refractivity contribution in [3.8, 4) is 11.5 Å². The van der Waals surface area contributed by atoms with E-state index in [9.17, 15) is 9.59 Å². The number of ether oxygens (including phenoxy) is 3. The van der Waals surface area contributed by atoms with Crippen LogP contribution in [0.2, 0.25) is 43.8 Å². The number of benzene rings is 2. The number of rotatable bonds is 11. The van der Waals surface area contributed by atoms with Gasteiger partial charge in [0.2, 0.25) is 0 Å². The molecule has 2 aromatic carbocycles. The van der Waals surface area contributed by atoms with Crippen molar-refractivity contribution in [2.24, 2.45) is 0 Å². The Balaban J connectivity index is 1.68. The van der Waals surface area contributed by atoms with Crippen LogP contribution in [0.1, 0.15) is 43.1 Å². The maximum atomic E-state index is 14.2. The van der Waals surface area contributed by atoms with Crippen LogP contribution in [0.3, 0.4) is 0 Å². The first-order chi connectivity index (χ1) is 19.6. The summed E-state index contributed by atoms with van der Waals surface area (Å²) >= 11 is 0. The van der Waals surface area contributed by atoms with Crippen LogP contribution < -0.4 is 14.4 Å². The Morgan fingerprint density at radius 2 is 1.67 bits per heavy atom. The quantitative estimate of drug-likeness (QED) is 0.212. The zero-order valence-electron chi connectivity index (χ0n) is 26.8. The average molecular weight is 613 g/mol. The molecule has 1 fully saturated rings. The van der Waals surface area contributed by atoms with Gasteiger partial charge in [-0.25, -0.2) is 0 Å². The van der Waals surface area contributed by atoms with Gasteiger partial charge in [-0.15, -0.1) is 0 Å². The predicted octanol–water partition coefficient (Wildman–Crippen LogP) is 6.54. The van der Waals surface area contributed by atoms with Crippen LogP contribution in [0.25, 0.3) is 0 Å². The molecule has 0 bridgehead atoms. The molecule has 10 heteroatoms. The Hall–Kier alpha value is -2.67. The first-order valence-electron chi connectivity index (χ1n) is 14.9. The molecule has 0 unspecified atom stereocenters. The van der Waals surface area contributed by atoms with Crippen LogP contribution >= 0.6 is 0 Å². The van der Waals surface area contributed by atoms with Crippen molar-refractivity contribution in [1.29, 1.82) is 0 Å². The maximum Gasteiger partial charge on any atom is 0.256 e. The fourth-order valence-electron chi connectivity index (χ4n) is 5.01. The Bertz CT molecular complexity index is 1270. The SMILES string of the molecule is COc1cc2c(cc1OCc1ccccc1)C(=O)N1C[C@H](O[Si](C)(C)C(C)(C)C)C[C@H]1C(=O)N2COCC[Si](C)(C)C. The molecule has 2 amide bonds. The lowest BCUT2D eigenvalue weighted by molar-refractivity contribution is -0.123. The number of hydrogen-bond donors (Lipinski definition) is 0. The molecule has 2 heterocycles. The van der Waals surface area contributed by atoms with Crippen molar-refractivity contribution in [1.82, 2.24) is 4.90 Å². The van der Waals surface area contributed by atoms with Crippen LogP contribution in [0.4, 0.5) is 5.69 Å². The molecule has 0 N–H and O–H groups in total. The maximum absolute atomic E-state index is 14.2. The molecule has 0 aromatic heterocycles. The lowest BCUT2D eigenvalue weighted by Gasteiger charge is -2.38. The molecule has 0 radical (unpaired) electrons. The molecule has 4 rings (SSSR count). The van der Waals surface area contributed by atoms with E-state index in [0.29, 0.717) is 48.9 Å². The summed E-state index contributed by atoms with van der Waals surface area (Å²) in [4.78, 5) is 31.7. The molecular weight excluding hydrogens is 565 g/mol. The molecule has 42 heavy (non-hydrogen) atoms. The number of nitrogens with zero attached hydrogens (tertiary/aromatic N) is 2. The molecule has 0 saturated carbocycles. The van der Waals surface area contributed by atoms with Gasteiger partial charge < -0.3 is 23.5 Å². The van der Waals surface area contributed by atoms with E-state index in [2.05, 4.69) is 53.5 Å². The summed E-state index contributed by atoms with van der Waals surface area (Å²) < 4.78 is 24.6. The predicted molar refractivity (Wildman–Crippen MR) is 172 cm³/mol. The van der Waals surface area contributed by atoms with Gasteiger partial charge in [0.05, 0.1) is 24.5 Å². The minimum Gasteiger partial charge on any atom is -0.493 e. The summed E-state index contributed by atoms with van der Waals surface area (Å²) in [5.74, 6) is 0.545. The molecular formula is C32H48N2O6Si2. The molecule has 0 aliphatic carbocycles. The van der Waals surface area contributed by atoms with Crippen LogP contribution in [0.5, 0.6) is 11.5 Å². The third kappa shape index (κ3) is 7.27. The highest BCUT2D eigenvalue weighted by Crippen LogP contribution is 2.42. The van der Waals surface area contributed by atoms with Crippen LogP contribution in [-0.4, -0.2) is 72.2 Å². The highest BCUT2D eigenvalue weighted by Gasteiger charge is 2.49. The van der Waals surface area contributed by atoms with E-state index in [1.165, 1.54) is 0 Å². The Kier molecular flexibility index (Phi) is 9.61. The first kappa shape index (κ1) is 32.3. The van der Waals surface area contributed by atoms with Gasteiger partial charge in [-0.05, 0) is 35.8 Å². The Labute approximate surface area is 253 Å². The summed E-state index contributed by atoms with van der Waals surface area (Å²) in [7, 11) is -1.87. The van der Waals surface area contributed by atoms with E-state index in [0.717, 1.165) is 11.6 Å². The average Bonchev–Trinajstić information content (AvgIpc) is 3.30. The number of amides is 2. The van der Waals surface area contributed by atoms with E-state index in [-0.39, 0.29) is 29.7 Å². The van der Waals surface area contributed by atoms with E-state index in [1.54, 1.807) is 29.0 Å². The summed E-state index contributed by atoms with van der Waals surface area (Å²) in [5.41, 5.74) is 1.88. The highest BCUT2D eigenvalue weighted by atomic mass is 28.4. The number of carbonyl (C=O) groups excluding carboxylic acids is 2. The van der Waals surface area contributed by atoms with Crippen molar-refractivity contribution in [3.05, 3.63) is 53.6 Å². The van der Waals surface area contributed by atoms with Crippen LogP contribution in [-0.2, 0) is 20.6 Å². The smallest absolute Gasteiger partial charge is 0.256 e. The highest BCUT2D eigenvalue weighted by molar-refractivity contribution is 6.76. The van der Waals surface area contributed by atoms with Crippen molar-refractivity contribution in [2.75, 3.05) is 31.9 Å². The number of carbonyl (C=O) groups is 2. The van der Waals surface area contributed by atoms with Gasteiger partial charge in [0.1, 0.15) is 19.4 Å². The van der Waals surface area contributed by atoms with Gasteiger partial charge in [-0.3, -0.25) is 14.5 Å². The summed E-state index contributed by atoms with van der Waals surface area (Å²) in [6, 6.07) is 13.6. The fraction of sp³-hybridized carbons (Fsp3) is 0.562. The minimum atomic E-state index is -2.11. The lowest BCUT2D eigenvalue weighted by Crippen LogP contribution is -2.45. The second kappa shape index (κ2) is 12.5. The zero-order valence-corrected chi connectivity index (χ0v) is 28.8.